The smallest absolute Gasteiger partial charge is 0.329 e. The van der Waals surface area contributed by atoms with E-state index in [1.54, 1.807) is 24.3 Å². The molecule has 8 heteroatoms. The predicted octanol–water partition coefficient (Wildman–Crippen LogP) is 1.86. The summed E-state index contributed by atoms with van der Waals surface area (Å²) in [7, 11) is 0. The van der Waals surface area contributed by atoms with Crippen LogP contribution in [-0.4, -0.2) is 59.3 Å². The van der Waals surface area contributed by atoms with E-state index in [1.165, 1.54) is 11.8 Å². The van der Waals surface area contributed by atoms with E-state index in [2.05, 4.69) is 5.32 Å². The van der Waals surface area contributed by atoms with Crippen molar-refractivity contribution in [3.05, 3.63) is 35.4 Å². The first-order chi connectivity index (χ1) is 12.9. The van der Waals surface area contributed by atoms with Crippen LogP contribution in [0.2, 0.25) is 0 Å². The van der Waals surface area contributed by atoms with Gasteiger partial charge in [0.2, 0.25) is 0 Å². The minimum Gasteiger partial charge on any atom is -0.454 e. The Labute approximate surface area is 162 Å². The lowest BCUT2D eigenvalue weighted by Gasteiger charge is -2.24. The summed E-state index contributed by atoms with van der Waals surface area (Å²) < 4.78 is 5.11. The molecule has 1 aromatic carbocycles. The third-order valence-electron chi connectivity index (χ3n) is 4.37. The fourth-order valence-corrected chi connectivity index (χ4v) is 3.18. The normalized spacial score (nSPS) is 15.3. The quantitative estimate of drug-likeness (QED) is 0.509. The molecular formula is C19H24N2O5S. The molecule has 3 amide bonds. The average Bonchev–Trinajstić information content (AvgIpc) is 2.92. The lowest BCUT2D eigenvalue weighted by molar-refractivity contribution is -0.152. The number of benzene rings is 1. The van der Waals surface area contributed by atoms with E-state index in [0.717, 1.165) is 11.3 Å². The van der Waals surface area contributed by atoms with Crippen LogP contribution in [0.3, 0.4) is 0 Å². The van der Waals surface area contributed by atoms with Gasteiger partial charge in [-0.2, -0.15) is 11.8 Å². The molecule has 146 valence electrons. The first-order valence-electron chi connectivity index (χ1n) is 8.82. The van der Waals surface area contributed by atoms with Crippen LogP contribution < -0.4 is 5.32 Å². The van der Waals surface area contributed by atoms with E-state index in [1.807, 2.05) is 20.1 Å². The molecule has 0 aromatic heterocycles. The summed E-state index contributed by atoms with van der Waals surface area (Å²) in [6.45, 7) is 3.33. The highest BCUT2D eigenvalue weighted by atomic mass is 32.2. The van der Waals surface area contributed by atoms with Crippen LogP contribution in [0.4, 0.5) is 0 Å². The number of rotatable bonds is 9. The van der Waals surface area contributed by atoms with Gasteiger partial charge in [0, 0.05) is 6.04 Å². The van der Waals surface area contributed by atoms with Crippen molar-refractivity contribution in [2.45, 2.75) is 38.8 Å². The lowest BCUT2D eigenvalue weighted by atomic mass is 10.1. The summed E-state index contributed by atoms with van der Waals surface area (Å²) >= 11 is 1.49. The van der Waals surface area contributed by atoms with Gasteiger partial charge in [0.1, 0.15) is 6.04 Å². The molecule has 0 aliphatic carbocycles. The molecule has 1 aromatic rings. The summed E-state index contributed by atoms with van der Waals surface area (Å²) in [5.41, 5.74) is 0.554. The molecule has 1 heterocycles. The Balaban J connectivity index is 2.11. The predicted molar refractivity (Wildman–Crippen MR) is 103 cm³/mol. The molecule has 7 nitrogen and oxygen atoms in total. The summed E-state index contributed by atoms with van der Waals surface area (Å²) in [6, 6.07) is 5.38. The van der Waals surface area contributed by atoms with Crippen molar-refractivity contribution < 1.29 is 23.9 Å². The molecule has 1 aliphatic heterocycles. The molecule has 2 rings (SSSR count). The van der Waals surface area contributed by atoms with Gasteiger partial charge in [0.25, 0.3) is 17.7 Å². The van der Waals surface area contributed by atoms with E-state index in [-0.39, 0.29) is 23.6 Å². The molecule has 0 unspecified atom stereocenters. The van der Waals surface area contributed by atoms with Gasteiger partial charge in [-0.25, -0.2) is 4.79 Å². The second-order valence-corrected chi connectivity index (χ2v) is 7.29. The maximum absolute atomic E-state index is 12.6. The van der Waals surface area contributed by atoms with Gasteiger partial charge in [0.05, 0.1) is 11.1 Å². The van der Waals surface area contributed by atoms with Gasteiger partial charge in [-0.15, -0.1) is 0 Å². The number of amides is 3. The molecule has 0 radical (unpaired) electrons. The van der Waals surface area contributed by atoms with Gasteiger partial charge in [-0.05, 0) is 43.9 Å². The molecule has 0 bridgehead atoms. The minimum atomic E-state index is -1.05. The van der Waals surface area contributed by atoms with E-state index in [9.17, 15) is 19.2 Å². The van der Waals surface area contributed by atoms with Crippen molar-refractivity contribution in [3.8, 4) is 0 Å². The molecule has 1 aliphatic rings. The topological polar surface area (TPSA) is 92.8 Å². The molecule has 1 N–H and O–H groups in total. The summed E-state index contributed by atoms with van der Waals surface area (Å²) in [6.07, 6.45) is 2.88. The van der Waals surface area contributed by atoms with Crippen molar-refractivity contribution >= 4 is 35.5 Å². The molecule has 0 spiro atoms. The third-order valence-corrected chi connectivity index (χ3v) is 5.01. The first-order valence-corrected chi connectivity index (χ1v) is 10.2. The Morgan fingerprint density at radius 3 is 2.30 bits per heavy atom. The Hall–Kier alpha value is -2.35. The van der Waals surface area contributed by atoms with Crippen molar-refractivity contribution in [2.75, 3.05) is 18.6 Å². The number of ether oxygens (including phenoxy) is 1. The van der Waals surface area contributed by atoms with E-state index < -0.39 is 36.3 Å². The molecular weight excluding hydrogens is 368 g/mol. The number of nitrogens with one attached hydrogen (secondary N) is 1. The third kappa shape index (κ3) is 4.88. The monoisotopic (exact) mass is 392 g/mol. The highest BCUT2D eigenvalue weighted by molar-refractivity contribution is 7.98. The van der Waals surface area contributed by atoms with Crippen LogP contribution in [-0.2, 0) is 14.3 Å². The zero-order valence-corrected chi connectivity index (χ0v) is 16.5. The van der Waals surface area contributed by atoms with Gasteiger partial charge in [-0.1, -0.05) is 19.1 Å². The molecule has 0 saturated heterocycles. The number of esters is 1. The fraction of sp³-hybridized carbons (Fsp3) is 0.474. The second kappa shape index (κ2) is 9.55. The molecule has 0 saturated carbocycles. The summed E-state index contributed by atoms with van der Waals surface area (Å²) in [4.78, 5) is 50.7. The van der Waals surface area contributed by atoms with Crippen LogP contribution in [0.25, 0.3) is 0 Å². The maximum Gasteiger partial charge on any atom is 0.329 e. The Morgan fingerprint density at radius 2 is 1.78 bits per heavy atom. The van der Waals surface area contributed by atoms with Crippen LogP contribution in [0.5, 0.6) is 0 Å². The highest BCUT2D eigenvalue weighted by Gasteiger charge is 2.43. The van der Waals surface area contributed by atoms with Gasteiger partial charge >= 0.3 is 5.97 Å². The molecule has 2 atom stereocenters. The highest BCUT2D eigenvalue weighted by Crippen LogP contribution is 2.26. The second-order valence-electron chi connectivity index (χ2n) is 6.31. The number of thioether (sulfide) groups is 1. The SMILES string of the molecule is CC[C@@H](C)NC(=O)COC(=O)[C@@H](CCSC)N1C(=O)c2ccccc2C1=O. The van der Waals surface area contributed by atoms with Gasteiger partial charge < -0.3 is 10.1 Å². The van der Waals surface area contributed by atoms with Crippen LogP contribution in [0.1, 0.15) is 47.4 Å². The Morgan fingerprint density at radius 1 is 1.19 bits per heavy atom. The first kappa shape index (κ1) is 21.0. The Kier molecular flexibility index (Phi) is 7.41. The Bertz CT molecular complexity index is 702. The fourth-order valence-electron chi connectivity index (χ4n) is 2.72. The van der Waals surface area contributed by atoms with Crippen LogP contribution in [0.15, 0.2) is 24.3 Å². The number of imide groups is 1. The number of hydrogen-bond acceptors (Lipinski definition) is 6. The lowest BCUT2D eigenvalue weighted by Crippen LogP contribution is -2.47. The number of carbonyl (C=O) groups excluding carboxylic acids is 4. The largest absolute Gasteiger partial charge is 0.454 e. The zero-order valence-electron chi connectivity index (χ0n) is 15.7. The minimum absolute atomic E-state index is 0.0280. The number of carbonyl (C=O) groups is 4. The average molecular weight is 392 g/mol. The van der Waals surface area contributed by atoms with Gasteiger partial charge in [0.15, 0.2) is 6.61 Å². The van der Waals surface area contributed by atoms with E-state index in [0.29, 0.717) is 5.75 Å². The summed E-state index contributed by atoms with van der Waals surface area (Å²) in [5.74, 6) is -1.63. The number of fused-ring (bicyclic) bond motifs is 1. The zero-order chi connectivity index (χ0) is 20.0. The van der Waals surface area contributed by atoms with E-state index >= 15 is 0 Å². The van der Waals surface area contributed by atoms with Gasteiger partial charge in [-0.3, -0.25) is 19.3 Å². The number of hydrogen-bond donors (Lipinski definition) is 1. The number of nitrogens with zero attached hydrogens (tertiary/aromatic N) is 1. The van der Waals surface area contributed by atoms with Crippen molar-refractivity contribution in [1.82, 2.24) is 10.2 Å². The van der Waals surface area contributed by atoms with Crippen molar-refractivity contribution in [1.29, 1.82) is 0 Å². The van der Waals surface area contributed by atoms with Crippen molar-refractivity contribution in [3.63, 3.8) is 0 Å². The molecule has 0 fully saturated rings. The summed E-state index contributed by atoms with van der Waals surface area (Å²) in [5, 5.41) is 2.70. The van der Waals surface area contributed by atoms with Crippen LogP contribution >= 0.6 is 11.8 Å². The van der Waals surface area contributed by atoms with Crippen molar-refractivity contribution in [2.24, 2.45) is 0 Å². The maximum atomic E-state index is 12.6. The van der Waals surface area contributed by atoms with E-state index in [4.69, 9.17) is 4.74 Å². The van der Waals surface area contributed by atoms with Crippen LogP contribution in [0, 0.1) is 0 Å². The standard InChI is InChI=1S/C19H24N2O5S/c1-4-12(2)20-16(22)11-26-19(25)15(9-10-27-3)21-17(23)13-7-5-6-8-14(13)18(21)24/h5-8,12,15H,4,9-11H2,1-3H3,(H,20,22)/t12-,15-/m1/s1. The molecule has 27 heavy (non-hydrogen) atoms.